The predicted molar refractivity (Wildman–Crippen MR) is 107 cm³/mol. The van der Waals surface area contributed by atoms with Crippen molar-refractivity contribution in [2.45, 2.75) is 20.3 Å². The Morgan fingerprint density at radius 3 is 2.44 bits per heavy atom. The van der Waals surface area contributed by atoms with Crippen LogP contribution in [-0.4, -0.2) is 58.8 Å². The molecule has 0 saturated heterocycles. The molecule has 140 valence electrons. The van der Waals surface area contributed by atoms with Crippen LogP contribution in [0, 0.1) is 0 Å². The van der Waals surface area contributed by atoms with E-state index < -0.39 is 0 Å². The fraction of sp³-hybridized carbons (Fsp3) is 0.333. The van der Waals surface area contributed by atoms with Crippen LogP contribution in [0.3, 0.4) is 0 Å². The number of rotatable bonds is 4. The first-order valence-corrected chi connectivity index (χ1v) is 9.25. The number of carbonyl (C=O) groups excluding carboxylic acids is 2. The number of fused-ring (bicyclic) bond motifs is 2. The first-order chi connectivity index (χ1) is 13.1. The summed E-state index contributed by atoms with van der Waals surface area (Å²) in [6.45, 7) is 5.22. The maximum absolute atomic E-state index is 13.0. The molecule has 6 nitrogen and oxygen atoms in total. The highest BCUT2D eigenvalue weighted by atomic mass is 16.2. The van der Waals surface area contributed by atoms with Gasteiger partial charge in [0.05, 0.1) is 16.6 Å². The van der Waals surface area contributed by atoms with E-state index in [0.717, 1.165) is 18.4 Å². The number of hydrogen-bond donors (Lipinski definition) is 0. The highest BCUT2D eigenvalue weighted by Gasteiger charge is 2.33. The lowest BCUT2D eigenvalue weighted by molar-refractivity contribution is 0.0606. The molecule has 2 heterocycles. The average molecular weight is 364 g/mol. The highest BCUT2D eigenvalue weighted by molar-refractivity contribution is 6.28. The summed E-state index contributed by atoms with van der Waals surface area (Å²) in [7, 11) is 3.95. The molecule has 3 aromatic rings. The molecule has 6 heteroatoms. The van der Waals surface area contributed by atoms with Crippen LogP contribution in [0.2, 0.25) is 0 Å². The van der Waals surface area contributed by atoms with Crippen LogP contribution in [0.1, 0.15) is 41.0 Å². The zero-order chi connectivity index (χ0) is 19.6. The number of amides is 2. The molecular weight excluding hydrogens is 340 g/mol. The van der Waals surface area contributed by atoms with E-state index in [2.05, 4.69) is 9.97 Å². The number of aromatic nitrogens is 2. The van der Waals surface area contributed by atoms with E-state index in [1.807, 2.05) is 45.0 Å². The summed E-state index contributed by atoms with van der Waals surface area (Å²) in [5.74, 6) is -0.481. The minimum absolute atomic E-state index is 0.231. The Balaban J connectivity index is 0.00000102. The second-order valence-electron chi connectivity index (χ2n) is 6.50. The molecule has 0 radical (unpaired) electrons. The second kappa shape index (κ2) is 7.80. The Labute approximate surface area is 158 Å². The minimum Gasteiger partial charge on any atom is -0.309 e. The van der Waals surface area contributed by atoms with E-state index in [-0.39, 0.29) is 11.8 Å². The molecule has 0 unspecified atom stereocenters. The van der Waals surface area contributed by atoms with E-state index in [9.17, 15) is 9.59 Å². The highest BCUT2D eigenvalue weighted by Crippen LogP contribution is 2.33. The van der Waals surface area contributed by atoms with Crippen LogP contribution in [0.5, 0.6) is 0 Å². The van der Waals surface area contributed by atoms with Crippen LogP contribution in [0.4, 0.5) is 0 Å². The number of hydrogen-bond acceptors (Lipinski definition) is 5. The summed E-state index contributed by atoms with van der Waals surface area (Å²) in [5, 5.41) is 1.49. The first kappa shape index (κ1) is 18.9. The molecule has 0 fully saturated rings. The van der Waals surface area contributed by atoms with Crippen molar-refractivity contribution in [1.82, 2.24) is 19.8 Å². The average Bonchev–Trinajstić information content (AvgIpc) is 2.69. The third kappa shape index (κ3) is 3.28. The van der Waals surface area contributed by atoms with Crippen molar-refractivity contribution in [3.8, 4) is 0 Å². The van der Waals surface area contributed by atoms with Crippen LogP contribution in [0.25, 0.3) is 21.8 Å². The fourth-order valence-electron chi connectivity index (χ4n) is 3.39. The quantitative estimate of drug-likeness (QED) is 0.525. The summed E-state index contributed by atoms with van der Waals surface area (Å²) >= 11 is 0. The van der Waals surface area contributed by atoms with Gasteiger partial charge in [-0.1, -0.05) is 26.0 Å². The third-order valence-electron chi connectivity index (χ3n) is 4.53. The van der Waals surface area contributed by atoms with Crippen molar-refractivity contribution in [2.75, 3.05) is 27.2 Å². The Kier molecular flexibility index (Phi) is 5.46. The molecule has 1 aromatic heterocycles. The SMILES string of the molecule is CC.CN(C)CCCN1C(=O)c2cccc3c2c(cc2nccnc23)C1=O. The van der Waals surface area contributed by atoms with Crippen molar-refractivity contribution in [3.63, 3.8) is 0 Å². The molecule has 4 rings (SSSR count). The van der Waals surface area contributed by atoms with E-state index in [1.165, 1.54) is 4.90 Å². The van der Waals surface area contributed by atoms with E-state index in [0.29, 0.717) is 34.1 Å². The van der Waals surface area contributed by atoms with Crippen LogP contribution < -0.4 is 0 Å². The maximum Gasteiger partial charge on any atom is 0.261 e. The zero-order valence-electron chi connectivity index (χ0n) is 16.2. The Hall–Kier alpha value is -2.86. The van der Waals surface area contributed by atoms with Crippen molar-refractivity contribution >= 4 is 33.6 Å². The predicted octanol–water partition coefficient (Wildman–Crippen LogP) is 3.36. The van der Waals surface area contributed by atoms with Gasteiger partial charge in [0.25, 0.3) is 11.8 Å². The van der Waals surface area contributed by atoms with Gasteiger partial charge in [-0.3, -0.25) is 24.5 Å². The normalized spacial score (nSPS) is 13.3. The van der Waals surface area contributed by atoms with Gasteiger partial charge in [0.1, 0.15) is 0 Å². The molecule has 1 aliphatic rings. The molecular formula is C21H24N4O2. The minimum atomic E-state index is -0.250. The molecule has 0 N–H and O–H groups in total. The monoisotopic (exact) mass is 364 g/mol. The van der Waals surface area contributed by atoms with Crippen molar-refractivity contribution in [2.24, 2.45) is 0 Å². The largest absolute Gasteiger partial charge is 0.309 e. The molecule has 27 heavy (non-hydrogen) atoms. The molecule has 0 atom stereocenters. The molecule has 0 bridgehead atoms. The first-order valence-electron chi connectivity index (χ1n) is 9.25. The summed E-state index contributed by atoms with van der Waals surface area (Å²) in [5.41, 5.74) is 2.47. The van der Waals surface area contributed by atoms with Gasteiger partial charge in [-0.15, -0.1) is 0 Å². The van der Waals surface area contributed by atoms with E-state index >= 15 is 0 Å². The lowest BCUT2D eigenvalue weighted by Gasteiger charge is -2.27. The van der Waals surface area contributed by atoms with Gasteiger partial charge in [-0.05, 0) is 39.2 Å². The third-order valence-corrected chi connectivity index (χ3v) is 4.53. The summed E-state index contributed by atoms with van der Waals surface area (Å²) in [4.78, 5) is 38.0. The van der Waals surface area contributed by atoms with Gasteiger partial charge < -0.3 is 4.90 Å². The number of benzene rings is 2. The standard InChI is InChI=1S/C19H18N4O2.C2H6/c1-22(2)9-4-10-23-18(24)13-6-3-5-12-16(13)14(19(23)25)11-15-17(12)21-8-7-20-15;1-2/h3,5-8,11H,4,9-10H2,1-2H3;1-2H3. The lowest BCUT2D eigenvalue weighted by Crippen LogP contribution is -2.41. The Morgan fingerprint density at radius 1 is 1.00 bits per heavy atom. The molecule has 0 spiro atoms. The van der Waals surface area contributed by atoms with Gasteiger partial charge in [-0.2, -0.15) is 0 Å². The lowest BCUT2D eigenvalue weighted by atomic mass is 9.93. The summed E-state index contributed by atoms with van der Waals surface area (Å²) in [6, 6.07) is 7.26. The number of nitrogens with zero attached hydrogens (tertiary/aromatic N) is 4. The van der Waals surface area contributed by atoms with Gasteiger partial charge >= 0.3 is 0 Å². The second-order valence-corrected chi connectivity index (χ2v) is 6.50. The van der Waals surface area contributed by atoms with Crippen molar-refractivity contribution < 1.29 is 9.59 Å². The van der Waals surface area contributed by atoms with Crippen LogP contribution >= 0.6 is 0 Å². The molecule has 0 saturated carbocycles. The van der Waals surface area contributed by atoms with Crippen LogP contribution in [-0.2, 0) is 0 Å². The van der Waals surface area contributed by atoms with Gasteiger partial charge in [-0.25, -0.2) is 0 Å². The fourth-order valence-corrected chi connectivity index (χ4v) is 3.39. The molecule has 2 aromatic carbocycles. The topological polar surface area (TPSA) is 66.4 Å². The number of carbonyl (C=O) groups is 2. The maximum atomic E-state index is 13.0. The van der Waals surface area contributed by atoms with Gasteiger partial charge in [0.2, 0.25) is 0 Å². The van der Waals surface area contributed by atoms with Gasteiger partial charge in [0, 0.05) is 35.3 Å². The molecule has 2 amide bonds. The Morgan fingerprint density at radius 2 is 1.70 bits per heavy atom. The summed E-state index contributed by atoms with van der Waals surface area (Å²) < 4.78 is 0. The van der Waals surface area contributed by atoms with Crippen molar-refractivity contribution in [1.29, 1.82) is 0 Å². The summed E-state index contributed by atoms with van der Waals surface area (Å²) in [6.07, 6.45) is 3.97. The van der Waals surface area contributed by atoms with E-state index in [4.69, 9.17) is 0 Å². The Bertz CT molecular complexity index is 1010. The van der Waals surface area contributed by atoms with Crippen LogP contribution in [0.15, 0.2) is 36.7 Å². The number of imide groups is 1. The smallest absolute Gasteiger partial charge is 0.261 e. The zero-order valence-corrected chi connectivity index (χ0v) is 16.2. The molecule has 0 aliphatic carbocycles. The van der Waals surface area contributed by atoms with E-state index in [1.54, 1.807) is 24.5 Å². The molecule has 1 aliphatic heterocycles. The van der Waals surface area contributed by atoms with Gasteiger partial charge in [0.15, 0.2) is 0 Å². The van der Waals surface area contributed by atoms with Crippen molar-refractivity contribution in [3.05, 3.63) is 47.8 Å².